The van der Waals surface area contributed by atoms with Crippen LogP contribution in [0.3, 0.4) is 0 Å². The quantitative estimate of drug-likeness (QED) is 0.652. The monoisotopic (exact) mass is 258 g/mol. The fraction of sp³-hybridized carbons (Fsp3) is 0.818. The number of nitrogens with zero attached hydrogens (tertiary/aromatic N) is 2. The highest BCUT2D eigenvalue weighted by molar-refractivity contribution is 5.83. The van der Waals surface area contributed by atoms with Crippen LogP contribution in [0.25, 0.3) is 0 Å². The zero-order chi connectivity index (χ0) is 13.3. The number of morpholine rings is 1. The van der Waals surface area contributed by atoms with Crippen LogP contribution in [0.5, 0.6) is 0 Å². The second-order valence-corrected chi connectivity index (χ2v) is 4.80. The average Bonchev–Trinajstić information content (AvgIpc) is 2.71. The van der Waals surface area contributed by atoms with Crippen LogP contribution in [0.4, 0.5) is 4.79 Å². The Hall–Kier alpha value is -1.34. The summed E-state index contributed by atoms with van der Waals surface area (Å²) in [6.07, 6.45) is -0.661. The Morgan fingerprint density at radius 1 is 1.33 bits per heavy atom. The Labute approximate surface area is 105 Å². The number of hydrogen-bond acceptors (Lipinski definition) is 4. The van der Waals surface area contributed by atoms with Crippen LogP contribution in [-0.4, -0.2) is 76.5 Å². The zero-order valence-electron chi connectivity index (χ0n) is 10.3. The lowest BCUT2D eigenvalue weighted by atomic mass is 10.2. The van der Waals surface area contributed by atoms with E-state index in [9.17, 15) is 14.7 Å². The van der Waals surface area contributed by atoms with E-state index in [1.165, 1.54) is 4.90 Å². The number of aliphatic carboxylic acids is 1. The molecule has 2 N–H and O–H groups in total. The van der Waals surface area contributed by atoms with Gasteiger partial charge in [0.1, 0.15) is 6.04 Å². The van der Waals surface area contributed by atoms with E-state index < -0.39 is 18.1 Å². The van der Waals surface area contributed by atoms with Crippen molar-refractivity contribution in [3.8, 4) is 0 Å². The summed E-state index contributed by atoms with van der Waals surface area (Å²) >= 11 is 0. The van der Waals surface area contributed by atoms with Gasteiger partial charge >= 0.3 is 12.0 Å². The SMILES string of the molecule is CC1COCCN1C(=O)N1C[C@H](O)C[C@@H]1C(=O)O. The normalized spacial score (nSPS) is 32.7. The molecule has 7 nitrogen and oxygen atoms in total. The number of rotatable bonds is 1. The Balaban J connectivity index is 2.09. The molecule has 0 aromatic carbocycles. The van der Waals surface area contributed by atoms with Gasteiger partial charge in [-0.15, -0.1) is 0 Å². The van der Waals surface area contributed by atoms with Crippen molar-refractivity contribution < 1.29 is 24.5 Å². The number of aliphatic hydroxyl groups excluding tert-OH is 1. The molecule has 0 bridgehead atoms. The van der Waals surface area contributed by atoms with Crippen LogP contribution in [0.15, 0.2) is 0 Å². The minimum Gasteiger partial charge on any atom is -0.480 e. The molecule has 2 saturated heterocycles. The molecular formula is C11H18N2O5. The number of β-amino-alcohol motifs (C(OH)–C–C–N with tert-alkyl or cyclic N) is 1. The van der Waals surface area contributed by atoms with Crippen LogP contribution in [0.1, 0.15) is 13.3 Å². The summed E-state index contributed by atoms with van der Waals surface area (Å²) in [7, 11) is 0. The fourth-order valence-corrected chi connectivity index (χ4v) is 2.44. The minimum absolute atomic E-state index is 0.0709. The summed E-state index contributed by atoms with van der Waals surface area (Å²) in [6.45, 7) is 3.32. The van der Waals surface area contributed by atoms with E-state index >= 15 is 0 Å². The fourth-order valence-electron chi connectivity index (χ4n) is 2.44. The molecular weight excluding hydrogens is 240 g/mol. The number of carbonyl (C=O) groups is 2. The molecule has 2 fully saturated rings. The van der Waals surface area contributed by atoms with E-state index in [0.29, 0.717) is 19.8 Å². The molecule has 0 aromatic heterocycles. The molecule has 18 heavy (non-hydrogen) atoms. The molecule has 0 aromatic rings. The van der Waals surface area contributed by atoms with E-state index in [4.69, 9.17) is 9.84 Å². The molecule has 0 spiro atoms. The molecule has 7 heteroatoms. The minimum atomic E-state index is -1.07. The third-order valence-electron chi connectivity index (χ3n) is 3.42. The second-order valence-electron chi connectivity index (χ2n) is 4.80. The molecule has 102 valence electrons. The van der Waals surface area contributed by atoms with Gasteiger partial charge in [0.25, 0.3) is 0 Å². The molecule has 2 heterocycles. The van der Waals surface area contributed by atoms with Crippen molar-refractivity contribution in [2.75, 3.05) is 26.3 Å². The number of carboxylic acids is 1. The predicted molar refractivity (Wildman–Crippen MR) is 61.1 cm³/mol. The summed E-state index contributed by atoms with van der Waals surface area (Å²) in [6, 6.07) is -1.32. The molecule has 2 amide bonds. The van der Waals surface area contributed by atoms with Crippen molar-refractivity contribution in [1.82, 2.24) is 9.80 Å². The van der Waals surface area contributed by atoms with Crippen LogP contribution in [0.2, 0.25) is 0 Å². The van der Waals surface area contributed by atoms with Gasteiger partial charge in [0, 0.05) is 19.5 Å². The van der Waals surface area contributed by atoms with Crippen molar-refractivity contribution in [2.24, 2.45) is 0 Å². The maximum absolute atomic E-state index is 12.3. The average molecular weight is 258 g/mol. The molecule has 2 aliphatic rings. The van der Waals surface area contributed by atoms with Crippen LogP contribution in [-0.2, 0) is 9.53 Å². The lowest BCUT2D eigenvalue weighted by Crippen LogP contribution is -2.54. The van der Waals surface area contributed by atoms with Crippen LogP contribution >= 0.6 is 0 Å². The first-order chi connectivity index (χ1) is 8.50. The number of amides is 2. The van der Waals surface area contributed by atoms with Gasteiger partial charge in [-0.3, -0.25) is 0 Å². The number of ether oxygens (including phenoxy) is 1. The van der Waals surface area contributed by atoms with Gasteiger partial charge < -0.3 is 24.7 Å². The largest absolute Gasteiger partial charge is 0.480 e. The Morgan fingerprint density at radius 3 is 2.67 bits per heavy atom. The van der Waals surface area contributed by atoms with Gasteiger partial charge in [0.05, 0.1) is 25.4 Å². The van der Waals surface area contributed by atoms with E-state index in [2.05, 4.69) is 0 Å². The van der Waals surface area contributed by atoms with Gasteiger partial charge in [0.15, 0.2) is 0 Å². The van der Waals surface area contributed by atoms with E-state index in [-0.39, 0.29) is 25.0 Å². The predicted octanol–water partition coefficient (Wildman–Crippen LogP) is -0.653. The molecule has 2 rings (SSSR count). The van der Waals surface area contributed by atoms with Gasteiger partial charge in [0.2, 0.25) is 0 Å². The number of hydrogen-bond donors (Lipinski definition) is 2. The number of carboxylic acid groups (broad SMARTS) is 1. The van der Waals surface area contributed by atoms with Crippen LogP contribution < -0.4 is 0 Å². The van der Waals surface area contributed by atoms with Crippen molar-refractivity contribution >= 4 is 12.0 Å². The molecule has 0 aliphatic carbocycles. The van der Waals surface area contributed by atoms with E-state index in [0.717, 1.165) is 0 Å². The first kappa shape index (κ1) is 13.1. The molecule has 0 saturated carbocycles. The molecule has 3 atom stereocenters. The first-order valence-electron chi connectivity index (χ1n) is 6.06. The van der Waals surface area contributed by atoms with Gasteiger partial charge in [-0.1, -0.05) is 0 Å². The number of urea groups is 1. The summed E-state index contributed by atoms with van der Waals surface area (Å²) in [5.41, 5.74) is 0. The Bertz CT molecular complexity index is 348. The van der Waals surface area contributed by atoms with Gasteiger partial charge in [-0.05, 0) is 6.92 Å². The highest BCUT2D eigenvalue weighted by Crippen LogP contribution is 2.21. The highest BCUT2D eigenvalue weighted by atomic mass is 16.5. The van der Waals surface area contributed by atoms with Crippen molar-refractivity contribution in [1.29, 1.82) is 0 Å². The summed E-state index contributed by atoms with van der Waals surface area (Å²) in [4.78, 5) is 26.2. The second kappa shape index (κ2) is 5.11. The zero-order valence-corrected chi connectivity index (χ0v) is 10.3. The van der Waals surface area contributed by atoms with Gasteiger partial charge in [-0.25, -0.2) is 9.59 Å². The first-order valence-corrected chi connectivity index (χ1v) is 6.06. The van der Waals surface area contributed by atoms with E-state index in [1.54, 1.807) is 4.90 Å². The third-order valence-corrected chi connectivity index (χ3v) is 3.42. The smallest absolute Gasteiger partial charge is 0.326 e. The van der Waals surface area contributed by atoms with Crippen molar-refractivity contribution in [2.45, 2.75) is 31.5 Å². The number of carbonyl (C=O) groups excluding carboxylic acids is 1. The molecule has 1 unspecified atom stereocenters. The lowest BCUT2D eigenvalue weighted by molar-refractivity contribution is -0.141. The highest BCUT2D eigenvalue weighted by Gasteiger charge is 2.41. The lowest BCUT2D eigenvalue weighted by Gasteiger charge is -2.37. The Morgan fingerprint density at radius 2 is 2.06 bits per heavy atom. The maximum Gasteiger partial charge on any atom is 0.326 e. The van der Waals surface area contributed by atoms with Crippen molar-refractivity contribution in [3.63, 3.8) is 0 Å². The summed E-state index contributed by atoms with van der Waals surface area (Å²) < 4.78 is 5.24. The Kier molecular flexibility index (Phi) is 3.72. The summed E-state index contributed by atoms with van der Waals surface area (Å²) in [5.74, 6) is -1.07. The third kappa shape index (κ3) is 2.41. The maximum atomic E-state index is 12.3. The molecule has 0 radical (unpaired) electrons. The van der Waals surface area contributed by atoms with Gasteiger partial charge in [-0.2, -0.15) is 0 Å². The van der Waals surface area contributed by atoms with E-state index in [1.807, 2.05) is 6.92 Å². The standard InChI is InChI=1S/C11H18N2O5/c1-7-6-18-3-2-12(7)11(17)13-5-8(14)4-9(13)10(15)16/h7-9,14H,2-6H2,1H3,(H,15,16)/t7?,8-,9-/m1/s1. The number of aliphatic hydroxyl groups is 1. The van der Waals surface area contributed by atoms with Crippen molar-refractivity contribution in [3.05, 3.63) is 0 Å². The number of likely N-dealkylation sites (tertiary alicyclic amines) is 1. The molecule has 2 aliphatic heterocycles. The summed E-state index contributed by atoms with van der Waals surface area (Å²) in [5, 5.41) is 18.6. The van der Waals surface area contributed by atoms with Crippen LogP contribution in [0, 0.1) is 0 Å². The topological polar surface area (TPSA) is 90.3 Å².